The molecule has 7 nitrogen and oxygen atoms in total. The normalized spacial score (nSPS) is 11.0. The van der Waals surface area contributed by atoms with E-state index in [1.807, 2.05) is 0 Å². The maximum absolute atomic E-state index is 12.3. The lowest BCUT2D eigenvalue weighted by atomic mass is 10.2. The lowest BCUT2D eigenvalue weighted by Crippen LogP contribution is -2.37. The summed E-state index contributed by atoms with van der Waals surface area (Å²) in [6, 6.07) is 9.51. The first kappa shape index (κ1) is 17.3. The van der Waals surface area contributed by atoms with Gasteiger partial charge in [-0.2, -0.15) is 0 Å². The summed E-state index contributed by atoms with van der Waals surface area (Å²) < 4.78 is 5.10. The molecule has 124 valence electrons. The lowest BCUT2D eigenvalue weighted by Gasteiger charge is -2.10. The van der Waals surface area contributed by atoms with E-state index in [9.17, 15) is 14.4 Å². The van der Waals surface area contributed by atoms with Gasteiger partial charge in [-0.3, -0.25) is 14.4 Å². The molecule has 0 aliphatic rings. The first-order valence-electron chi connectivity index (χ1n) is 6.78. The Morgan fingerprint density at radius 2 is 1.92 bits per heavy atom. The number of carbonyl (C=O) groups excluding carboxylic acids is 2. The third-order valence-electron chi connectivity index (χ3n) is 2.84. The number of rotatable bonds is 6. The molecule has 2 amide bonds. The van der Waals surface area contributed by atoms with Crippen molar-refractivity contribution in [3.05, 3.63) is 64.7 Å². The second-order valence-corrected chi connectivity index (χ2v) is 4.99. The van der Waals surface area contributed by atoms with Gasteiger partial charge in [-0.15, -0.1) is 0 Å². The quantitative estimate of drug-likeness (QED) is 0.691. The Morgan fingerprint density at radius 3 is 2.54 bits per heavy atom. The molecule has 2 aromatic rings. The molecule has 2 rings (SSSR count). The van der Waals surface area contributed by atoms with Gasteiger partial charge in [0.05, 0.1) is 16.8 Å². The standard InChI is InChI=1S/C16H13ClN2O5/c17-12-6-2-1-5-11(12)15(22)19-13(8-10-4-3-7-24-10)16(23)18-9-14(20)21/h1-8H,9H2,(H,18,23)(H,19,22)(H,20,21). The molecule has 0 unspecified atom stereocenters. The van der Waals surface area contributed by atoms with E-state index in [0.717, 1.165) is 0 Å². The number of carboxylic acids is 1. The maximum Gasteiger partial charge on any atom is 0.322 e. The van der Waals surface area contributed by atoms with Crippen molar-refractivity contribution < 1.29 is 23.9 Å². The number of carboxylic acid groups (broad SMARTS) is 1. The fraction of sp³-hybridized carbons (Fsp3) is 0.0625. The van der Waals surface area contributed by atoms with Gasteiger partial charge in [0.25, 0.3) is 11.8 Å². The summed E-state index contributed by atoms with van der Waals surface area (Å²) in [5.74, 6) is -2.27. The van der Waals surface area contributed by atoms with Crippen molar-refractivity contribution in [3.8, 4) is 0 Å². The van der Waals surface area contributed by atoms with Crippen LogP contribution < -0.4 is 10.6 Å². The monoisotopic (exact) mass is 348 g/mol. The van der Waals surface area contributed by atoms with Gasteiger partial charge < -0.3 is 20.2 Å². The molecule has 0 bridgehead atoms. The topological polar surface area (TPSA) is 109 Å². The summed E-state index contributed by atoms with van der Waals surface area (Å²) in [4.78, 5) is 35.0. The van der Waals surface area contributed by atoms with Crippen molar-refractivity contribution in [2.24, 2.45) is 0 Å². The van der Waals surface area contributed by atoms with Gasteiger partial charge in [0.2, 0.25) is 0 Å². The van der Waals surface area contributed by atoms with Gasteiger partial charge in [0.1, 0.15) is 18.0 Å². The van der Waals surface area contributed by atoms with Crippen LogP contribution in [0.3, 0.4) is 0 Å². The highest BCUT2D eigenvalue weighted by atomic mass is 35.5. The number of aliphatic carboxylic acids is 1. The highest BCUT2D eigenvalue weighted by Gasteiger charge is 2.17. The Kier molecular flexibility index (Phi) is 5.75. The summed E-state index contributed by atoms with van der Waals surface area (Å²) in [6.07, 6.45) is 2.68. The molecular weight excluding hydrogens is 336 g/mol. The highest BCUT2D eigenvalue weighted by Crippen LogP contribution is 2.15. The van der Waals surface area contributed by atoms with Crippen molar-refractivity contribution in [3.63, 3.8) is 0 Å². The van der Waals surface area contributed by atoms with E-state index in [4.69, 9.17) is 21.1 Å². The summed E-state index contributed by atoms with van der Waals surface area (Å²) in [5, 5.41) is 13.4. The van der Waals surface area contributed by atoms with E-state index >= 15 is 0 Å². The average Bonchev–Trinajstić information content (AvgIpc) is 3.05. The van der Waals surface area contributed by atoms with Gasteiger partial charge >= 0.3 is 5.97 Å². The van der Waals surface area contributed by atoms with E-state index in [2.05, 4.69) is 10.6 Å². The molecule has 1 heterocycles. The van der Waals surface area contributed by atoms with Crippen LogP contribution in [-0.2, 0) is 9.59 Å². The van der Waals surface area contributed by atoms with Crippen LogP contribution in [0.2, 0.25) is 5.02 Å². The van der Waals surface area contributed by atoms with Gasteiger partial charge in [-0.1, -0.05) is 23.7 Å². The Labute approximate surface area is 141 Å². The minimum absolute atomic E-state index is 0.170. The zero-order chi connectivity index (χ0) is 17.5. The van der Waals surface area contributed by atoms with Crippen LogP contribution in [0.1, 0.15) is 16.1 Å². The van der Waals surface area contributed by atoms with Crippen molar-refractivity contribution in [1.82, 2.24) is 10.6 Å². The minimum atomic E-state index is -1.21. The predicted octanol–water partition coefficient (Wildman–Crippen LogP) is 1.90. The number of carbonyl (C=O) groups is 3. The fourth-order valence-electron chi connectivity index (χ4n) is 1.76. The number of furan rings is 1. The molecule has 1 aromatic heterocycles. The van der Waals surface area contributed by atoms with Crippen molar-refractivity contribution in [2.45, 2.75) is 0 Å². The number of hydrogen-bond donors (Lipinski definition) is 3. The largest absolute Gasteiger partial charge is 0.480 e. The molecule has 0 aliphatic carbocycles. The van der Waals surface area contributed by atoms with Gasteiger partial charge in [-0.25, -0.2) is 0 Å². The zero-order valence-electron chi connectivity index (χ0n) is 12.3. The molecule has 0 radical (unpaired) electrons. The first-order chi connectivity index (χ1) is 11.5. The predicted molar refractivity (Wildman–Crippen MR) is 86.2 cm³/mol. The zero-order valence-corrected chi connectivity index (χ0v) is 13.0. The summed E-state index contributed by atoms with van der Waals surface area (Å²) in [5.41, 5.74) is 0.00617. The smallest absolute Gasteiger partial charge is 0.322 e. The van der Waals surface area contributed by atoms with Crippen LogP contribution in [0.15, 0.2) is 52.8 Å². The molecule has 0 saturated heterocycles. The fourth-order valence-corrected chi connectivity index (χ4v) is 1.98. The van der Waals surface area contributed by atoms with E-state index in [-0.39, 0.29) is 16.3 Å². The second kappa shape index (κ2) is 7.98. The SMILES string of the molecule is O=C(O)CNC(=O)C(=Cc1ccco1)NC(=O)c1ccccc1Cl. The molecule has 24 heavy (non-hydrogen) atoms. The third-order valence-corrected chi connectivity index (χ3v) is 3.17. The molecule has 0 saturated carbocycles. The van der Waals surface area contributed by atoms with Crippen molar-refractivity contribution >= 4 is 35.5 Å². The molecule has 3 N–H and O–H groups in total. The Balaban J connectivity index is 2.23. The van der Waals surface area contributed by atoms with Crippen LogP contribution in [0.25, 0.3) is 6.08 Å². The third kappa shape index (κ3) is 4.72. The lowest BCUT2D eigenvalue weighted by molar-refractivity contribution is -0.137. The second-order valence-electron chi connectivity index (χ2n) is 4.58. The van der Waals surface area contributed by atoms with E-state index < -0.39 is 24.3 Å². The Bertz CT molecular complexity index is 784. The summed E-state index contributed by atoms with van der Waals surface area (Å²) in [7, 11) is 0. The number of halogens is 1. The van der Waals surface area contributed by atoms with Crippen LogP contribution in [0.4, 0.5) is 0 Å². The highest BCUT2D eigenvalue weighted by molar-refractivity contribution is 6.34. The molecule has 0 atom stereocenters. The number of hydrogen-bond acceptors (Lipinski definition) is 4. The van der Waals surface area contributed by atoms with E-state index in [1.165, 1.54) is 24.5 Å². The molecule has 0 fully saturated rings. The Morgan fingerprint density at radius 1 is 1.17 bits per heavy atom. The van der Waals surface area contributed by atoms with Gasteiger partial charge in [-0.05, 0) is 24.3 Å². The minimum Gasteiger partial charge on any atom is -0.480 e. The van der Waals surface area contributed by atoms with Gasteiger partial charge in [0.15, 0.2) is 0 Å². The van der Waals surface area contributed by atoms with Crippen molar-refractivity contribution in [1.29, 1.82) is 0 Å². The number of nitrogens with one attached hydrogen (secondary N) is 2. The summed E-state index contributed by atoms with van der Waals surface area (Å²) in [6.45, 7) is -0.587. The maximum atomic E-state index is 12.3. The molecule has 1 aromatic carbocycles. The first-order valence-corrected chi connectivity index (χ1v) is 7.16. The summed E-state index contributed by atoms with van der Waals surface area (Å²) >= 11 is 5.95. The van der Waals surface area contributed by atoms with E-state index in [0.29, 0.717) is 5.76 Å². The molecule has 8 heteroatoms. The van der Waals surface area contributed by atoms with Crippen LogP contribution in [-0.4, -0.2) is 29.4 Å². The Hall–Kier alpha value is -3.06. The average molecular weight is 349 g/mol. The van der Waals surface area contributed by atoms with E-state index in [1.54, 1.807) is 24.3 Å². The molecular formula is C16H13ClN2O5. The number of benzene rings is 1. The number of amides is 2. The van der Waals surface area contributed by atoms with Gasteiger partial charge in [0, 0.05) is 6.08 Å². The molecule has 0 spiro atoms. The van der Waals surface area contributed by atoms with Crippen LogP contribution in [0.5, 0.6) is 0 Å². The van der Waals surface area contributed by atoms with Crippen LogP contribution in [0, 0.1) is 0 Å². The van der Waals surface area contributed by atoms with Crippen molar-refractivity contribution in [2.75, 3.05) is 6.54 Å². The molecule has 0 aliphatic heterocycles. The van der Waals surface area contributed by atoms with Crippen LogP contribution >= 0.6 is 11.6 Å².